The van der Waals surface area contributed by atoms with Gasteiger partial charge in [0.2, 0.25) is 5.91 Å². The molecule has 1 saturated carbocycles. The molecule has 2 N–H and O–H groups in total. The van der Waals surface area contributed by atoms with Crippen molar-refractivity contribution in [2.24, 2.45) is 17.6 Å². The van der Waals surface area contributed by atoms with Crippen LogP contribution in [0.4, 0.5) is 0 Å². The normalized spacial score (nSPS) is 25.3. The van der Waals surface area contributed by atoms with Crippen LogP contribution in [-0.4, -0.2) is 36.5 Å². The van der Waals surface area contributed by atoms with Crippen LogP contribution in [0.25, 0.3) is 0 Å². The van der Waals surface area contributed by atoms with Crippen LogP contribution in [0.1, 0.15) is 36.8 Å². The number of nitrogens with zero attached hydrogens (tertiary/aromatic N) is 1. The fourth-order valence-corrected chi connectivity index (χ4v) is 3.89. The van der Waals surface area contributed by atoms with Gasteiger partial charge in [0.1, 0.15) is 5.75 Å². The molecule has 3 rings (SSSR count). The minimum atomic E-state index is 0. The molecule has 1 heterocycles. The van der Waals surface area contributed by atoms with Crippen molar-refractivity contribution in [3.05, 3.63) is 29.3 Å². The average Bonchev–Trinajstić information content (AvgIpc) is 3.09. The van der Waals surface area contributed by atoms with Crippen molar-refractivity contribution < 1.29 is 9.53 Å². The van der Waals surface area contributed by atoms with E-state index in [0.717, 1.165) is 31.7 Å². The lowest BCUT2D eigenvalue weighted by atomic mass is 9.98. The molecule has 0 bridgehead atoms. The van der Waals surface area contributed by atoms with Crippen LogP contribution in [0, 0.1) is 25.7 Å². The molecule has 134 valence electrons. The number of amides is 1. The molecular weight excluding hydrogens is 324 g/mol. The van der Waals surface area contributed by atoms with Gasteiger partial charge in [0.25, 0.3) is 0 Å². The molecule has 1 aliphatic heterocycles. The van der Waals surface area contributed by atoms with Crippen LogP contribution in [0.15, 0.2) is 18.2 Å². The van der Waals surface area contributed by atoms with Gasteiger partial charge in [0, 0.05) is 25.6 Å². The van der Waals surface area contributed by atoms with E-state index >= 15 is 0 Å². The van der Waals surface area contributed by atoms with E-state index in [1.165, 1.54) is 17.5 Å². The van der Waals surface area contributed by atoms with Crippen LogP contribution in [0.5, 0.6) is 5.75 Å². The molecule has 1 aromatic rings. The predicted octanol–water partition coefficient (Wildman–Crippen LogP) is 3.08. The summed E-state index contributed by atoms with van der Waals surface area (Å²) in [4.78, 5) is 14.3. The monoisotopic (exact) mass is 352 g/mol. The number of ether oxygens (including phenoxy) is 1. The standard InChI is InChI=1S/C19H28N2O2.ClH/c1-13-5-7-16(10-14(13)2)23-9-3-4-19(22)21-11-15-6-8-18(20)17(15)12-21;/h5,7,10,15,17-18H,3-4,6,8-9,11-12,20H2,1-2H3;1H. The SMILES string of the molecule is Cc1ccc(OCCCC(=O)N2CC3CCC(N)C3C2)cc1C.Cl. The number of nitrogens with two attached hydrogens (primary N) is 1. The molecule has 24 heavy (non-hydrogen) atoms. The Morgan fingerprint density at radius 1 is 1.25 bits per heavy atom. The number of benzene rings is 1. The molecule has 0 radical (unpaired) electrons. The summed E-state index contributed by atoms with van der Waals surface area (Å²) in [6.07, 6.45) is 3.65. The number of rotatable bonds is 5. The van der Waals surface area contributed by atoms with Crippen molar-refractivity contribution in [1.82, 2.24) is 4.90 Å². The molecule has 2 fully saturated rings. The Hall–Kier alpha value is -1.26. The summed E-state index contributed by atoms with van der Waals surface area (Å²) in [6, 6.07) is 6.42. The first-order valence-electron chi connectivity index (χ1n) is 8.78. The lowest BCUT2D eigenvalue weighted by Crippen LogP contribution is -2.33. The summed E-state index contributed by atoms with van der Waals surface area (Å²) >= 11 is 0. The predicted molar refractivity (Wildman–Crippen MR) is 98.7 cm³/mol. The van der Waals surface area contributed by atoms with Crippen molar-refractivity contribution in [2.45, 2.75) is 45.6 Å². The minimum absolute atomic E-state index is 0. The van der Waals surface area contributed by atoms with Crippen LogP contribution < -0.4 is 10.5 Å². The molecule has 0 aromatic heterocycles. The molecule has 1 saturated heterocycles. The second-order valence-corrected chi connectivity index (χ2v) is 7.16. The van der Waals surface area contributed by atoms with Gasteiger partial charge in [-0.1, -0.05) is 6.07 Å². The summed E-state index contributed by atoms with van der Waals surface area (Å²) in [5.41, 5.74) is 8.64. The zero-order chi connectivity index (χ0) is 16.4. The van der Waals surface area contributed by atoms with Gasteiger partial charge in [-0.25, -0.2) is 0 Å². The summed E-state index contributed by atoms with van der Waals surface area (Å²) < 4.78 is 5.76. The zero-order valence-electron chi connectivity index (χ0n) is 14.7. The lowest BCUT2D eigenvalue weighted by Gasteiger charge is -2.18. The number of fused-ring (bicyclic) bond motifs is 1. The highest BCUT2D eigenvalue weighted by molar-refractivity contribution is 5.85. The highest BCUT2D eigenvalue weighted by atomic mass is 35.5. The van der Waals surface area contributed by atoms with Crippen molar-refractivity contribution in [3.8, 4) is 5.75 Å². The number of hydrogen-bond donors (Lipinski definition) is 1. The van der Waals surface area contributed by atoms with Crippen molar-refractivity contribution in [1.29, 1.82) is 0 Å². The Morgan fingerprint density at radius 3 is 2.75 bits per heavy atom. The number of aryl methyl sites for hydroxylation is 2. The van der Waals surface area contributed by atoms with E-state index in [9.17, 15) is 4.79 Å². The van der Waals surface area contributed by atoms with Gasteiger partial charge in [-0.2, -0.15) is 0 Å². The van der Waals surface area contributed by atoms with Crippen LogP contribution in [0.3, 0.4) is 0 Å². The average molecular weight is 353 g/mol. The lowest BCUT2D eigenvalue weighted by molar-refractivity contribution is -0.130. The quantitative estimate of drug-likeness (QED) is 0.828. The van der Waals surface area contributed by atoms with Crippen LogP contribution in [-0.2, 0) is 4.79 Å². The van der Waals surface area contributed by atoms with Gasteiger partial charge >= 0.3 is 0 Å². The molecule has 1 amide bonds. The molecule has 3 atom stereocenters. The Labute approximate surface area is 151 Å². The maximum Gasteiger partial charge on any atom is 0.222 e. The summed E-state index contributed by atoms with van der Waals surface area (Å²) in [7, 11) is 0. The van der Waals surface area contributed by atoms with Crippen molar-refractivity contribution in [3.63, 3.8) is 0 Å². The van der Waals surface area contributed by atoms with E-state index in [-0.39, 0.29) is 18.3 Å². The molecule has 5 heteroatoms. The van der Waals surface area contributed by atoms with E-state index in [1.54, 1.807) is 0 Å². The molecule has 1 aliphatic carbocycles. The van der Waals surface area contributed by atoms with Crippen molar-refractivity contribution >= 4 is 18.3 Å². The number of likely N-dealkylation sites (tertiary alicyclic amines) is 1. The van der Waals surface area contributed by atoms with Crippen molar-refractivity contribution in [2.75, 3.05) is 19.7 Å². The van der Waals surface area contributed by atoms with E-state index in [4.69, 9.17) is 10.5 Å². The summed E-state index contributed by atoms with van der Waals surface area (Å²) in [6.45, 7) is 6.54. The second kappa shape index (κ2) is 8.21. The van der Waals surface area contributed by atoms with Gasteiger partial charge < -0.3 is 15.4 Å². The molecule has 0 spiro atoms. The highest BCUT2D eigenvalue weighted by Crippen LogP contribution is 2.37. The fraction of sp³-hybridized carbons (Fsp3) is 0.632. The number of halogens is 1. The number of hydrogen-bond acceptors (Lipinski definition) is 3. The maximum absolute atomic E-state index is 12.3. The van der Waals surface area contributed by atoms with Gasteiger partial charge in [-0.15, -0.1) is 12.4 Å². The molecular formula is C19H29ClN2O2. The first-order chi connectivity index (χ1) is 11.0. The van der Waals surface area contributed by atoms with Gasteiger partial charge in [0.15, 0.2) is 0 Å². The maximum atomic E-state index is 12.3. The third-order valence-electron chi connectivity index (χ3n) is 5.55. The van der Waals surface area contributed by atoms with E-state index < -0.39 is 0 Å². The third kappa shape index (κ3) is 4.22. The number of carbonyl (C=O) groups is 1. The van der Waals surface area contributed by atoms with Gasteiger partial charge in [0.05, 0.1) is 6.61 Å². The van der Waals surface area contributed by atoms with E-state index in [0.29, 0.717) is 30.9 Å². The third-order valence-corrected chi connectivity index (χ3v) is 5.55. The Kier molecular flexibility index (Phi) is 6.53. The molecule has 2 aliphatic rings. The second-order valence-electron chi connectivity index (χ2n) is 7.16. The Morgan fingerprint density at radius 2 is 2.04 bits per heavy atom. The van der Waals surface area contributed by atoms with Gasteiger partial charge in [-0.05, 0) is 68.2 Å². The van der Waals surface area contributed by atoms with Gasteiger partial charge in [-0.3, -0.25) is 4.79 Å². The fourth-order valence-electron chi connectivity index (χ4n) is 3.89. The largest absolute Gasteiger partial charge is 0.494 e. The van der Waals surface area contributed by atoms with Crippen LogP contribution in [0.2, 0.25) is 0 Å². The minimum Gasteiger partial charge on any atom is -0.494 e. The number of carbonyl (C=O) groups excluding carboxylic acids is 1. The van der Waals surface area contributed by atoms with E-state index in [1.807, 2.05) is 11.0 Å². The zero-order valence-corrected chi connectivity index (χ0v) is 15.5. The topological polar surface area (TPSA) is 55.6 Å². The smallest absolute Gasteiger partial charge is 0.222 e. The van der Waals surface area contributed by atoms with Crippen LogP contribution >= 0.6 is 12.4 Å². The highest BCUT2D eigenvalue weighted by Gasteiger charge is 2.42. The first kappa shape index (κ1) is 19.1. The Bertz CT molecular complexity index is 578. The van der Waals surface area contributed by atoms with E-state index in [2.05, 4.69) is 26.0 Å². The molecule has 4 nitrogen and oxygen atoms in total. The molecule has 3 unspecified atom stereocenters. The first-order valence-corrected chi connectivity index (χ1v) is 8.78. The summed E-state index contributed by atoms with van der Waals surface area (Å²) in [5, 5.41) is 0. The summed E-state index contributed by atoms with van der Waals surface area (Å²) in [5.74, 6) is 2.32. The Balaban J connectivity index is 0.00000208. The molecule has 1 aromatic carbocycles.